The Bertz CT molecular complexity index is 928. The van der Waals surface area contributed by atoms with Gasteiger partial charge in [-0.15, -0.1) is 0 Å². The van der Waals surface area contributed by atoms with Crippen LogP contribution in [0.3, 0.4) is 0 Å². The van der Waals surface area contributed by atoms with E-state index in [9.17, 15) is 4.79 Å². The maximum Gasteiger partial charge on any atom is 0.163 e. The van der Waals surface area contributed by atoms with Gasteiger partial charge in [-0.05, 0) is 37.3 Å². The largest absolute Gasteiger partial charge is 0.487 e. The second kappa shape index (κ2) is 11.8. The fourth-order valence-electron chi connectivity index (χ4n) is 2.88. The Hall–Kier alpha value is -2.33. The first-order valence-corrected chi connectivity index (χ1v) is 10.5. The molecular weight excluding hydrogens is 417 g/mol. The van der Waals surface area contributed by atoms with Crippen molar-refractivity contribution in [1.29, 1.82) is 0 Å². The second-order valence-electron chi connectivity index (χ2n) is 7.64. The maximum absolute atomic E-state index is 11.7. The number of carbonyl (C=O) groups is 1. The zero-order chi connectivity index (χ0) is 22.0. The molecule has 0 atom stereocenters. The molecule has 5 heteroatoms. The monoisotopic (exact) mass is 444 g/mol. The first kappa shape index (κ1) is 23.9. The van der Waals surface area contributed by atoms with Gasteiger partial charge in [0.05, 0.1) is 19.7 Å². The Kier molecular flexibility index (Phi) is 9.38. The summed E-state index contributed by atoms with van der Waals surface area (Å²) in [5, 5.41) is 1.34. The molecular formula is C25H28Cl2NO2+. The quantitative estimate of drug-likeness (QED) is 0.305. The predicted molar refractivity (Wildman–Crippen MR) is 126 cm³/mol. The lowest BCUT2D eigenvalue weighted by molar-refractivity contribution is -0.903. The summed E-state index contributed by atoms with van der Waals surface area (Å²) in [5.74, 6) is 0.558. The van der Waals surface area contributed by atoms with Gasteiger partial charge in [-0.1, -0.05) is 71.7 Å². The summed E-state index contributed by atoms with van der Waals surface area (Å²) in [7, 11) is 4.34. The minimum Gasteiger partial charge on any atom is -0.487 e. The Labute approximate surface area is 189 Å². The molecule has 0 aliphatic rings. The number of ether oxygens (including phenoxy) is 1. The van der Waals surface area contributed by atoms with E-state index in [1.807, 2.05) is 36.4 Å². The van der Waals surface area contributed by atoms with Crippen molar-refractivity contribution in [3.63, 3.8) is 0 Å². The minimum absolute atomic E-state index is 0.0412. The van der Waals surface area contributed by atoms with Crippen LogP contribution in [0.15, 0.2) is 78.9 Å². The molecule has 0 saturated heterocycles. The number of Topliss-reactive ketones (excluding diaryl/α,β-unsaturated/α-hetero) is 1. The highest BCUT2D eigenvalue weighted by Gasteiger charge is 2.17. The molecule has 3 aromatic carbocycles. The Morgan fingerprint density at radius 2 is 1.47 bits per heavy atom. The number of hydrogen-bond donors (Lipinski definition) is 0. The average Bonchev–Trinajstić information content (AvgIpc) is 2.70. The van der Waals surface area contributed by atoms with Gasteiger partial charge in [0, 0.05) is 15.6 Å². The fraction of sp³-hybridized carbons (Fsp3) is 0.240. The number of halogens is 2. The minimum atomic E-state index is -0.0412. The molecule has 3 aromatic rings. The van der Waals surface area contributed by atoms with Gasteiger partial charge in [-0.25, -0.2) is 0 Å². The fourth-order valence-corrected chi connectivity index (χ4v) is 3.19. The van der Waals surface area contributed by atoms with Crippen molar-refractivity contribution in [1.82, 2.24) is 0 Å². The molecule has 0 radical (unpaired) electrons. The van der Waals surface area contributed by atoms with Crippen molar-refractivity contribution in [3.8, 4) is 5.75 Å². The summed E-state index contributed by atoms with van der Waals surface area (Å²) < 4.78 is 6.64. The molecule has 0 fully saturated rings. The van der Waals surface area contributed by atoms with Crippen LogP contribution in [0.1, 0.15) is 22.8 Å². The summed E-state index contributed by atoms with van der Waals surface area (Å²) >= 11 is 11.5. The molecule has 30 heavy (non-hydrogen) atoms. The summed E-state index contributed by atoms with van der Waals surface area (Å²) in [5.41, 5.74) is 1.83. The van der Waals surface area contributed by atoms with Crippen LogP contribution in [0.25, 0.3) is 0 Å². The topological polar surface area (TPSA) is 26.3 Å². The number of ketones is 1. The number of likely N-dealkylation sites (N-methyl/N-ethyl adjacent to an activating group) is 1. The van der Waals surface area contributed by atoms with Gasteiger partial charge in [-0.2, -0.15) is 0 Å². The van der Waals surface area contributed by atoms with E-state index < -0.39 is 0 Å². The third-order valence-corrected chi connectivity index (χ3v) is 4.95. The maximum atomic E-state index is 11.7. The lowest BCUT2D eigenvalue weighted by atomic mass is 10.1. The highest BCUT2D eigenvalue weighted by Crippen LogP contribution is 2.23. The van der Waals surface area contributed by atoms with Crippen LogP contribution in [-0.4, -0.2) is 37.5 Å². The smallest absolute Gasteiger partial charge is 0.163 e. The van der Waals surface area contributed by atoms with E-state index in [0.29, 0.717) is 22.9 Å². The summed E-state index contributed by atoms with van der Waals surface area (Å²) in [6.45, 7) is 3.84. The number of hydrogen-bond acceptors (Lipinski definition) is 2. The first-order chi connectivity index (χ1) is 14.3. The Balaban J connectivity index is 0.000000386. The van der Waals surface area contributed by atoms with Crippen molar-refractivity contribution in [2.24, 2.45) is 0 Å². The van der Waals surface area contributed by atoms with Crippen molar-refractivity contribution >= 4 is 29.0 Å². The Morgan fingerprint density at radius 1 is 0.867 bits per heavy atom. The molecule has 0 aromatic heterocycles. The van der Waals surface area contributed by atoms with Gasteiger partial charge in [0.1, 0.15) is 25.4 Å². The molecule has 158 valence electrons. The number of rotatable bonds is 7. The van der Waals surface area contributed by atoms with Crippen molar-refractivity contribution < 1.29 is 14.0 Å². The van der Waals surface area contributed by atoms with Gasteiger partial charge >= 0.3 is 0 Å². The molecule has 0 unspecified atom stereocenters. The molecule has 3 rings (SSSR count). The van der Waals surface area contributed by atoms with E-state index in [0.717, 1.165) is 22.6 Å². The van der Waals surface area contributed by atoms with Crippen LogP contribution >= 0.6 is 23.2 Å². The summed E-state index contributed by atoms with van der Waals surface area (Å²) in [6.07, 6.45) is 0. The van der Waals surface area contributed by atoms with E-state index in [1.165, 1.54) is 12.5 Å². The predicted octanol–water partition coefficient (Wildman–Crippen LogP) is 6.54. The van der Waals surface area contributed by atoms with E-state index in [2.05, 4.69) is 38.4 Å². The van der Waals surface area contributed by atoms with Crippen LogP contribution in [0.5, 0.6) is 5.75 Å². The third kappa shape index (κ3) is 8.58. The zero-order valence-corrected chi connectivity index (χ0v) is 19.2. The molecule has 0 amide bonds. The standard InChI is InChI=1S/C19H23ClNO2.C6H5Cl/c1-15(22)18-13-17(20)9-10-19(18)23-12-11-21(2,3)14-16-7-5-4-6-8-16;7-6-4-2-1-3-5-6/h4-10,13H,11-12,14H2,1-3H3;1-5H/q+1;. The number of benzene rings is 3. The van der Waals surface area contributed by atoms with Crippen molar-refractivity contribution in [2.45, 2.75) is 13.5 Å². The lowest BCUT2D eigenvalue weighted by Crippen LogP contribution is -2.42. The molecule has 3 nitrogen and oxygen atoms in total. The molecule has 0 bridgehead atoms. The highest BCUT2D eigenvalue weighted by atomic mass is 35.5. The Morgan fingerprint density at radius 3 is 2.00 bits per heavy atom. The van der Waals surface area contributed by atoms with E-state index in [4.69, 9.17) is 27.9 Å². The van der Waals surface area contributed by atoms with Crippen LogP contribution in [0.4, 0.5) is 0 Å². The van der Waals surface area contributed by atoms with Crippen molar-refractivity contribution in [3.05, 3.63) is 100 Å². The molecule has 0 heterocycles. The highest BCUT2D eigenvalue weighted by molar-refractivity contribution is 6.31. The van der Waals surface area contributed by atoms with Crippen LogP contribution in [0.2, 0.25) is 10.0 Å². The SMILES string of the molecule is CC(=O)c1cc(Cl)ccc1OCC[N+](C)(C)Cc1ccccc1.Clc1ccccc1. The number of nitrogens with zero attached hydrogens (tertiary/aromatic N) is 1. The van der Waals surface area contributed by atoms with Gasteiger partial charge in [0.2, 0.25) is 0 Å². The van der Waals surface area contributed by atoms with E-state index in [-0.39, 0.29) is 5.78 Å². The molecule has 0 aliphatic heterocycles. The lowest BCUT2D eigenvalue weighted by Gasteiger charge is -2.29. The average molecular weight is 445 g/mol. The third-order valence-electron chi connectivity index (χ3n) is 4.46. The van der Waals surface area contributed by atoms with E-state index in [1.54, 1.807) is 18.2 Å². The van der Waals surface area contributed by atoms with Crippen molar-refractivity contribution in [2.75, 3.05) is 27.2 Å². The van der Waals surface area contributed by atoms with Gasteiger partial charge in [0.25, 0.3) is 0 Å². The van der Waals surface area contributed by atoms with E-state index >= 15 is 0 Å². The first-order valence-electron chi connectivity index (χ1n) is 9.76. The zero-order valence-electron chi connectivity index (χ0n) is 17.6. The summed E-state index contributed by atoms with van der Waals surface area (Å²) in [6, 6.07) is 25.0. The molecule has 0 saturated carbocycles. The molecule has 0 spiro atoms. The van der Waals surface area contributed by atoms with Gasteiger partial charge < -0.3 is 9.22 Å². The van der Waals surface area contributed by atoms with Gasteiger partial charge in [0.15, 0.2) is 5.78 Å². The molecule has 0 N–H and O–H groups in total. The van der Waals surface area contributed by atoms with Crippen LogP contribution in [-0.2, 0) is 6.54 Å². The number of carbonyl (C=O) groups excluding carboxylic acids is 1. The van der Waals surface area contributed by atoms with Gasteiger partial charge in [-0.3, -0.25) is 4.79 Å². The number of quaternary nitrogens is 1. The second-order valence-corrected chi connectivity index (χ2v) is 8.52. The normalized spacial score (nSPS) is 10.7. The molecule has 0 aliphatic carbocycles. The van der Waals surface area contributed by atoms with Crippen LogP contribution < -0.4 is 4.74 Å². The summed E-state index contributed by atoms with van der Waals surface area (Å²) in [4.78, 5) is 11.7. The van der Waals surface area contributed by atoms with Crippen LogP contribution in [0, 0.1) is 0 Å².